The molecule has 0 bridgehead atoms. The number of nitrogen functional groups attached to an aromatic ring is 1. The molecule has 0 aliphatic rings. The number of hydrogen-bond donors (Lipinski definition) is 2. The summed E-state index contributed by atoms with van der Waals surface area (Å²) in [5.41, 5.74) is 6.07. The van der Waals surface area contributed by atoms with Crippen LogP contribution in [0.3, 0.4) is 0 Å². The average Bonchev–Trinajstić information content (AvgIpc) is 2.85. The SMILES string of the molecule is CCOc1ccc(N)cc1S(=O)(=O)NCc1ccc(C)s1. The van der Waals surface area contributed by atoms with Crippen LogP contribution >= 0.6 is 11.3 Å². The highest BCUT2D eigenvalue weighted by Gasteiger charge is 2.20. The third kappa shape index (κ3) is 3.96. The van der Waals surface area contributed by atoms with Crippen LogP contribution in [-0.2, 0) is 16.6 Å². The van der Waals surface area contributed by atoms with Gasteiger partial charge in [0.05, 0.1) is 6.61 Å². The molecule has 1 heterocycles. The number of nitrogens with one attached hydrogen (secondary N) is 1. The average molecular weight is 326 g/mol. The number of thiophene rings is 1. The summed E-state index contributed by atoms with van der Waals surface area (Å²) in [6.07, 6.45) is 0. The molecule has 2 aromatic rings. The number of rotatable bonds is 6. The number of aryl methyl sites for hydroxylation is 1. The van der Waals surface area contributed by atoms with Crippen LogP contribution in [0, 0.1) is 6.92 Å². The Morgan fingerprint density at radius 2 is 2.05 bits per heavy atom. The number of hydrogen-bond acceptors (Lipinski definition) is 5. The van der Waals surface area contributed by atoms with E-state index in [2.05, 4.69) is 4.72 Å². The minimum Gasteiger partial charge on any atom is -0.492 e. The summed E-state index contributed by atoms with van der Waals surface area (Å²) >= 11 is 1.56. The fourth-order valence-corrected chi connectivity index (χ4v) is 3.94. The maximum atomic E-state index is 12.4. The normalized spacial score (nSPS) is 11.5. The summed E-state index contributed by atoms with van der Waals surface area (Å²) in [5.74, 6) is 0.307. The summed E-state index contributed by atoms with van der Waals surface area (Å²) in [6, 6.07) is 8.47. The maximum Gasteiger partial charge on any atom is 0.244 e. The molecule has 0 atom stereocenters. The molecule has 1 aromatic carbocycles. The monoisotopic (exact) mass is 326 g/mol. The maximum absolute atomic E-state index is 12.4. The fraction of sp³-hybridized carbons (Fsp3) is 0.286. The molecule has 0 fully saturated rings. The molecule has 1 aromatic heterocycles. The molecule has 0 unspecified atom stereocenters. The Balaban J connectivity index is 2.24. The minimum atomic E-state index is -3.67. The van der Waals surface area contributed by atoms with Gasteiger partial charge in [-0.05, 0) is 44.2 Å². The zero-order valence-corrected chi connectivity index (χ0v) is 13.6. The van der Waals surface area contributed by atoms with Crippen LogP contribution < -0.4 is 15.2 Å². The summed E-state index contributed by atoms with van der Waals surface area (Å²) < 4.78 is 32.8. The van der Waals surface area contributed by atoms with Crippen LogP contribution in [0.25, 0.3) is 0 Å². The first kappa shape index (κ1) is 15.8. The number of anilines is 1. The highest BCUT2D eigenvalue weighted by Crippen LogP contribution is 2.26. The first-order chi connectivity index (χ1) is 9.92. The van der Waals surface area contributed by atoms with E-state index < -0.39 is 10.0 Å². The van der Waals surface area contributed by atoms with Crippen LogP contribution in [-0.4, -0.2) is 15.0 Å². The molecule has 0 radical (unpaired) electrons. The Hall–Kier alpha value is -1.57. The third-order valence-corrected chi connectivity index (χ3v) is 5.21. The van der Waals surface area contributed by atoms with E-state index in [0.29, 0.717) is 18.0 Å². The Morgan fingerprint density at radius 3 is 2.67 bits per heavy atom. The van der Waals surface area contributed by atoms with Crippen molar-refractivity contribution in [1.82, 2.24) is 4.72 Å². The Morgan fingerprint density at radius 1 is 1.29 bits per heavy atom. The fourth-order valence-electron chi connectivity index (χ4n) is 1.83. The summed E-state index contributed by atoms with van der Waals surface area (Å²) in [7, 11) is -3.67. The van der Waals surface area contributed by atoms with Gasteiger partial charge in [0.15, 0.2) is 0 Å². The first-order valence-electron chi connectivity index (χ1n) is 6.49. The lowest BCUT2D eigenvalue weighted by atomic mass is 10.3. The predicted octanol–water partition coefficient (Wildman–Crippen LogP) is 2.52. The Kier molecular flexibility index (Phi) is 4.87. The van der Waals surface area contributed by atoms with E-state index in [1.165, 1.54) is 6.07 Å². The van der Waals surface area contributed by atoms with E-state index in [0.717, 1.165) is 9.75 Å². The molecular formula is C14H18N2O3S2. The van der Waals surface area contributed by atoms with Crippen molar-refractivity contribution >= 4 is 27.0 Å². The van der Waals surface area contributed by atoms with Crippen LogP contribution in [0.2, 0.25) is 0 Å². The zero-order chi connectivity index (χ0) is 15.5. The van der Waals surface area contributed by atoms with Gasteiger partial charge in [-0.1, -0.05) is 0 Å². The predicted molar refractivity (Wildman–Crippen MR) is 85.1 cm³/mol. The second-order valence-corrected chi connectivity index (χ2v) is 7.58. The van der Waals surface area contributed by atoms with Crippen molar-refractivity contribution < 1.29 is 13.2 Å². The van der Waals surface area contributed by atoms with Crippen molar-refractivity contribution in [3.8, 4) is 5.75 Å². The molecule has 114 valence electrons. The van der Waals surface area contributed by atoms with E-state index in [4.69, 9.17) is 10.5 Å². The van der Waals surface area contributed by atoms with Crippen molar-refractivity contribution in [2.45, 2.75) is 25.3 Å². The molecule has 0 spiro atoms. The second kappa shape index (κ2) is 6.46. The highest BCUT2D eigenvalue weighted by molar-refractivity contribution is 7.89. The van der Waals surface area contributed by atoms with Gasteiger partial charge in [-0.2, -0.15) is 0 Å². The van der Waals surface area contributed by atoms with E-state index in [-0.39, 0.29) is 11.4 Å². The molecule has 0 saturated carbocycles. The van der Waals surface area contributed by atoms with E-state index in [1.54, 1.807) is 30.4 Å². The van der Waals surface area contributed by atoms with Crippen molar-refractivity contribution in [2.24, 2.45) is 0 Å². The van der Waals surface area contributed by atoms with Crippen molar-refractivity contribution in [3.05, 3.63) is 40.1 Å². The van der Waals surface area contributed by atoms with Gasteiger partial charge >= 0.3 is 0 Å². The smallest absolute Gasteiger partial charge is 0.244 e. The van der Waals surface area contributed by atoms with E-state index >= 15 is 0 Å². The molecule has 0 aliphatic heterocycles. The van der Waals surface area contributed by atoms with Gasteiger partial charge in [-0.15, -0.1) is 11.3 Å². The van der Waals surface area contributed by atoms with E-state index in [1.807, 2.05) is 19.1 Å². The molecule has 7 heteroatoms. The summed E-state index contributed by atoms with van der Waals surface area (Å²) in [4.78, 5) is 2.17. The number of ether oxygens (including phenoxy) is 1. The zero-order valence-electron chi connectivity index (χ0n) is 11.9. The van der Waals surface area contributed by atoms with Gasteiger partial charge in [0.1, 0.15) is 10.6 Å². The number of benzene rings is 1. The van der Waals surface area contributed by atoms with Crippen molar-refractivity contribution in [2.75, 3.05) is 12.3 Å². The number of nitrogens with two attached hydrogens (primary N) is 1. The largest absolute Gasteiger partial charge is 0.492 e. The molecular weight excluding hydrogens is 308 g/mol. The molecule has 21 heavy (non-hydrogen) atoms. The van der Waals surface area contributed by atoms with Crippen molar-refractivity contribution in [1.29, 1.82) is 0 Å². The third-order valence-electron chi connectivity index (χ3n) is 2.79. The lowest BCUT2D eigenvalue weighted by Crippen LogP contribution is -2.23. The minimum absolute atomic E-state index is 0.0672. The molecule has 3 N–H and O–H groups in total. The van der Waals surface area contributed by atoms with Gasteiger partial charge < -0.3 is 10.5 Å². The number of sulfonamides is 1. The Bertz CT molecular complexity index is 724. The molecule has 0 amide bonds. The highest BCUT2D eigenvalue weighted by atomic mass is 32.2. The van der Waals surface area contributed by atoms with Crippen LogP contribution in [0.4, 0.5) is 5.69 Å². The van der Waals surface area contributed by atoms with Crippen LogP contribution in [0.5, 0.6) is 5.75 Å². The summed E-state index contributed by atoms with van der Waals surface area (Å²) in [5, 5.41) is 0. The van der Waals surface area contributed by atoms with Crippen molar-refractivity contribution in [3.63, 3.8) is 0 Å². The van der Waals surface area contributed by atoms with Gasteiger partial charge in [-0.3, -0.25) is 0 Å². The second-order valence-electron chi connectivity index (χ2n) is 4.48. The molecule has 0 saturated heterocycles. The van der Waals surface area contributed by atoms with E-state index in [9.17, 15) is 8.42 Å². The van der Waals surface area contributed by atoms with Gasteiger partial charge in [0.2, 0.25) is 10.0 Å². The topological polar surface area (TPSA) is 81.4 Å². The van der Waals surface area contributed by atoms with Crippen LogP contribution in [0.1, 0.15) is 16.7 Å². The van der Waals surface area contributed by atoms with Gasteiger partial charge in [0.25, 0.3) is 0 Å². The quantitative estimate of drug-likeness (QED) is 0.799. The van der Waals surface area contributed by atoms with Crippen LogP contribution in [0.15, 0.2) is 35.2 Å². The summed E-state index contributed by atoms with van der Waals surface area (Å²) in [6.45, 7) is 4.42. The van der Waals surface area contributed by atoms with Gasteiger partial charge in [-0.25, -0.2) is 13.1 Å². The lowest BCUT2D eigenvalue weighted by molar-refractivity contribution is 0.331. The molecule has 2 rings (SSSR count). The Labute approximate surface area is 128 Å². The standard InChI is InChI=1S/C14H18N2O3S2/c1-3-19-13-7-5-11(15)8-14(13)21(17,18)16-9-12-6-4-10(2)20-12/h4-8,16H,3,9,15H2,1-2H3. The first-order valence-corrected chi connectivity index (χ1v) is 8.79. The molecule has 5 nitrogen and oxygen atoms in total. The molecule has 0 aliphatic carbocycles. The van der Waals surface area contributed by atoms with Gasteiger partial charge in [0, 0.05) is 22.0 Å². The lowest BCUT2D eigenvalue weighted by Gasteiger charge is -2.12.